The molecule has 5 nitrogen and oxygen atoms in total. The molecule has 6 heteroatoms. The summed E-state index contributed by atoms with van der Waals surface area (Å²) in [7, 11) is 0. The van der Waals surface area contributed by atoms with Crippen LogP contribution in [0, 0.1) is 12.7 Å². The number of H-pyrrole nitrogens is 1. The minimum atomic E-state index is -0.655. The van der Waals surface area contributed by atoms with Crippen molar-refractivity contribution in [3.8, 4) is 0 Å². The van der Waals surface area contributed by atoms with Gasteiger partial charge in [-0.05, 0) is 13.0 Å². The fourth-order valence-corrected chi connectivity index (χ4v) is 1.21. The van der Waals surface area contributed by atoms with Crippen LogP contribution in [0.4, 0.5) is 10.2 Å². The molecule has 0 fully saturated rings. The van der Waals surface area contributed by atoms with E-state index in [4.69, 9.17) is 0 Å². The number of carbonyl (C=O) groups excluding carboxylic acids is 1. The highest BCUT2D eigenvalue weighted by Crippen LogP contribution is 2.11. The summed E-state index contributed by atoms with van der Waals surface area (Å²) in [6.07, 6.45) is 3.92. The molecule has 0 atom stereocenters. The molecule has 0 saturated heterocycles. The van der Waals surface area contributed by atoms with Crippen LogP contribution in [0.3, 0.4) is 0 Å². The highest BCUT2D eigenvalue weighted by molar-refractivity contribution is 6.04. The molecule has 2 rings (SSSR count). The first-order valence-electron chi connectivity index (χ1n) is 4.59. The van der Waals surface area contributed by atoms with Gasteiger partial charge in [0.25, 0.3) is 5.91 Å². The zero-order chi connectivity index (χ0) is 11.5. The zero-order valence-corrected chi connectivity index (χ0v) is 8.49. The van der Waals surface area contributed by atoms with E-state index in [9.17, 15) is 9.18 Å². The number of pyridine rings is 1. The lowest BCUT2D eigenvalue weighted by Gasteiger charge is -2.03. The second kappa shape index (κ2) is 4.09. The lowest BCUT2D eigenvalue weighted by atomic mass is 10.2. The molecule has 0 aromatic carbocycles. The van der Waals surface area contributed by atoms with Gasteiger partial charge in [-0.15, -0.1) is 0 Å². The Balaban J connectivity index is 2.22. The molecule has 0 aliphatic carbocycles. The van der Waals surface area contributed by atoms with E-state index in [-0.39, 0.29) is 5.56 Å². The van der Waals surface area contributed by atoms with Gasteiger partial charge in [-0.3, -0.25) is 14.9 Å². The Morgan fingerprint density at radius 1 is 1.50 bits per heavy atom. The molecule has 0 aliphatic heterocycles. The predicted octanol–water partition coefficient (Wildman–Crippen LogP) is 1.50. The van der Waals surface area contributed by atoms with Gasteiger partial charge in [-0.25, -0.2) is 4.39 Å². The maximum Gasteiger partial charge on any atom is 0.259 e. The Morgan fingerprint density at radius 3 is 2.94 bits per heavy atom. The van der Waals surface area contributed by atoms with E-state index in [2.05, 4.69) is 20.5 Å². The van der Waals surface area contributed by atoms with E-state index in [1.807, 2.05) is 0 Å². The van der Waals surface area contributed by atoms with Crippen LogP contribution in [0.1, 0.15) is 15.9 Å². The molecule has 82 valence electrons. The van der Waals surface area contributed by atoms with Crippen molar-refractivity contribution < 1.29 is 9.18 Å². The van der Waals surface area contributed by atoms with E-state index in [1.54, 1.807) is 13.1 Å². The van der Waals surface area contributed by atoms with Gasteiger partial charge in [0.2, 0.25) is 0 Å². The first-order chi connectivity index (χ1) is 7.68. The second-order valence-corrected chi connectivity index (χ2v) is 3.24. The van der Waals surface area contributed by atoms with Crippen LogP contribution in [0.5, 0.6) is 0 Å². The van der Waals surface area contributed by atoms with Gasteiger partial charge in [0.1, 0.15) is 5.82 Å². The highest BCUT2D eigenvalue weighted by Gasteiger charge is 2.12. The fraction of sp³-hybridized carbons (Fsp3) is 0.100. The predicted molar refractivity (Wildman–Crippen MR) is 55.5 cm³/mol. The van der Waals surface area contributed by atoms with Gasteiger partial charge in [-0.2, -0.15) is 5.10 Å². The molecule has 0 radical (unpaired) electrons. The fourth-order valence-electron chi connectivity index (χ4n) is 1.21. The molecule has 0 spiro atoms. The number of nitrogens with one attached hydrogen (secondary N) is 2. The molecular weight excluding hydrogens is 211 g/mol. The van der Waals surface area contributed by atoms with Crippen LogP contribution < -0.4 is 5.32 Å². The second-order valence-electron chi connectivity index (χ2n) is 3.24. The standard InChI is InChI=1S/C10H9FN4O/c1-6-4-13-15-9(6)14-10(16)7-2-3-12-5-8(7)11/h2-5H,1H3,(H2,13,14,15,16). The SMILES string of the molecule is Cc1cn[nH]c1NC(=O)c1ccncc1F. The summed E-state index contributed by atoms with van der Waals surface area (Å²) < 4.78 is 13.2. The summed E-state index contributed by atoms with van der Waals surface area (Å²) in [5.74, 6) is -0.731. The summed E-state index contributed by atoms with van der Waals surface area (Å²) in [6, 6.07) is 1.32. The summed E-state index contributed by atoms with van der Waals surface area (Å²) in [5, 5.41) is 8.87. The van der Waals surface area contributed by atoms with E-state index in [0.29, 0.717) is 5.82 Å². The van der Waals surface area contributed by atoms with Crippen LogP contribution in [-0.4, -0.2) is 21.1 Å². The summed E-state index contributed by atoms with van der Waals surface area (Å²) in [4.78, 5) is 15.2. The third kappa shape index (κ3) is 1.90. The van der Waals surface area contributed by atoms with Crippen LogP contribution in [0.25, 0.3) is 0 Å². The molecular formula is C10H9FN4O. The minimum Gasteiger partial charge on any atom is -0.307 e. The number of hydrogen-bond donors (Lipinski definition) is 2. The van der Waals surface area contributed by atoms with Crippen LogP contribution >= 0.6 is 0 Å². The van der Waals surface area contributed by atoms with E-state index in [0.717, 1.165) is 11.8 Å². The molecule has 0 bridgehead atoms. The highest BCUT2D eigenvalue weighted by atomic mass is 19.1. The van der Waals surface area contributed by atoms with E-state index in [1.165, 1.54) is 12.3 Å². The van der Waals surface area contributed by atoms with Gasteiger partial charge in [0.05, 0.1) is 18.0 Å². The third-order valence-corrected chi connectivity index (χ3v) is 2.08. The number of nitrogens with zero attached hydrogens (tertiary/aromatic N) is 2. The van der Waals surface area contributed by atoms with Gasteiger partial charge in [0.15, 0.2) is 5.82 Å². The van der Waals surface area contributed by atoms with Crippen molar-refractivity contribution in [3.05, 3.63) is 41.6 Å². The van der Waals surface area contributed by atoms with Crippen molar-refractivity contribution in [1.82, 2.24) is 15.2 Å². The van der Waals surface area contributed by atoms with Crippen molar-refractivity contribution in [2.24, 2.45) is 0 Å². The number of aryl methyl sites for hydroxylation is 1. The summed E-state index contributed by atoms with van der Waals surface area (Å²) in [6.45, 7) is 1.78. The van der Waals surface area contributed by atoms with E-state index < -0.39 is 11.7 Å². The maximum absolute atomic E-state index is 13.2. The van der Waals surface area contributed by atoms with Crippen LogP contribution in [-0.2, 0) is 0 Å². The topological polar surface area (TPSA) is 70.7 Å². The van der Waals surface area contributed by atoms with Gasteiger partial charge in [-0.1, -0.05) is 0 Å². The normalized spacial score (nSPS) is 10.1. The monoisotopic (exact) mass is 220 g/mol. The van der Waals surface area contributed by atoms with Gasteiger partial charge >= 0.3 is 0 Å². The number of hydrogen-bond acceptors (Lipinski definition) is 3. The Bertz CT molecular complexity index is 523. The first-order valence-corrected chi connectivity index (χ1v) is 4.59. The lowest BCUT2D eigenvalue weighted by Crippen LogP contribution is -2.14. The number of rotatable bonds is 2. The number of halogens is 1. The average Bonchev–Trinajstić information content (AvgIpc) is 2.65. The van der Waals surface area contributed by atoms with Gasteiger partial charge in [0, 0.05) is 11.8 Å². The average molecular weight is 220 g/mol. The number of carbonyl (C=O) groups is 1. The lowest BCUT2D eigenvalue weighted by molar-refractivity contribution is 0.102. The molecule has 2 aromatic rings. The number of anilines is 1. The maximum atomic E-state index is 13.2. The number of amides is 1. The van der Waals surface area contributed by atoms with Crippen LogP contribution in [0.15, 0.2) is 24.7 Å². The zero-order valence-electron chi connectivity index (χ0n) is 8.49. The number of aromatic amines is 1. The quantitative estimate of drug-likeness (QED) is 0.805. The summed E-state index contributed by atoms with van der Waals surface area (Å²) >= 11 is 0. The Kier molecular flexibility index (Phi) is 2.63. The van der Waals surface area contributed by atoms with Crippen molar-refractivity contribution >= 4 is 11.7 Å². The smallest absolute Gasteiger partial charge is 0.259 e. The minimum absolute atomic E-state index is 0.0519. The Morgan fingerprint density at radius 2 is 2.31 bits per heavy atom. The van der Waals surface area contributed by atoms with Crippen molar-refractivity contribution in [1.29, 1.82) is 0 Å². The third-order valence-electron chi connectivity index (χ3n) is 2.08. The Hall–Kier alpha value is -2.24. The Labute approximate surface area is 90.7 Å². The summed E-state index contributed by atoms with van der Waals surface area (Å²) in [5.41, 5.74) is 0.729. The molecule has 2 N–H and O–H groups in total. The largest absolute Gasteiger partial charge is 0.307 e. The molecule has 0 aliphatic rings. The molecule has 0 unspecified atom stereocenters. The number of aromatic nitrogens is 3. The van der Waals surface area contributed by atoms with Gasteiger partial charge < -0.3 is 5.32 Å². The van der Waals surface area contributed by atoms with Crippen molar-refractivity contribution in [3.63, 3.8) is 0 Å². The molecule has 1 amide bonds. The van der Waals surface area contributed by atoms with Crippen LogP contribution in [0.2, 0.25) is 0 Å². The first kappa shape index (κ1) is 10.3. The molecule has 0 saturated carbocycles. The van der Waals surface area contributed by atoms with Crippen molar-refractivity contribution in [2.75, 3.05) is 5.32 Å². The van der Waals surface area contributed by atoms with Crippen molar-refractivity contribution in [2.45, 2.75) is 6.92 Å². The molecule has 16 heavy (non-hydrogen) atoms. The molecule has 2 aromatic heterocycles. The molecule has 2 heterocycles. The van der Waals surface area contributed by atoms with E-state index >= 15 is 0 Å².